The highest BCUT2D eigenvalue weighted by atomic mass is 16.5. The molecule has 1 heterocycles. The number of hydrogen-bond acceptors (Lipinski definition) is 1. The number of para-hydroxylation sites is 1. The number of hydrogen-bond donors (Lipinski definition) is 0. The van der Waals surface area contributed by atoms with Gasteiger partial charge in [0.25, 0.3) is 0 Å². The first-order chi connectivity index (χ1) is 20.7. The Morgan fingerprint density at radius 3 is 2.00 bits per heavy atom. The van der Waals surface area contributed by atoms with Crippen LogP contribution in [0.15, 0.2) is 146 Å². The average Bonchev–Trinajstić information content (AvgIpc) is 3.04. The van der Waals surface area contributed by atoms with Crippen LogP contribution in [0.5, 0.6) is 11.5 Å². The summed E-state index contributed by atoms with van der Waals surface area (Å²) in [5, 5.41) is 9.36. The summed E-state index contributed by atoms with van der Waals surface area (Å²) in [4.78, 5) is 0. The number of fused-ring (bicyclic) bond motifs is 5. The molecule has 1 aliphatic heterocycles. The molecule has 0 saturated heterocycles. The van der Waals surface area contributed by atoms with Gasteiger partial charge in [0.2, 0.25) is 0 Å². The second kappa shape index (κ2) is 8.55. The van der Waals surface area contributed by atoms with Crippen molar-refractivity contribution in [1.29, 1.82) is 0 Å². The van der Waals surface area contributed by atoms with Gasteiger partial charge in [-0.3, -0.25) is 0 Å². The van der Waals surface area contributed by atoms with Crippen LogP contribution in [0.1, 0.15) is 1.37 Å². The fraction of sp³-hybridized carbons (Fsp3) is 0. The number of rotatable bonds is 2. The number of ether oxygens (including phenoxy) is 1. The third-order valence-electron chi connectivity index (χ3n) is 8.58. The summed E-state index contributed by atoms with van der Waals surface area (Å²) in [5.74, 6) is 1.78. The van der Waals surface area contributed by atoms with Gasteiger partial charge in [0.1, 0.15) is 11.5 Å². The van der Waals surface area contributed by atoms with Crippen molar-refractivity contribution in [2.45, 2.75) is 0 Å². The molecule has 1 nitrogen and oxygen atoms in total. The summed E-state index contributed by atoms with van der Waals surface area (Å²) >= 11 is 0. The minimum absolute atomic E-state index is 0.507. The first-order valence-corrected chi connectivity index (χ1v) is 14.0. The molecule has 0 N–H and O–H groups in total. The van der Waals surface area contributed by atoms with Crippen molar-refractivity contribution in [3.63, 3.8) is 0 Å². The molecule has 8 aromatic carbocycles. The maximum atomic E-state index is 8.62. The molecule has 0 saturated carbocycles. The smallest absolute Gasteiger partial charge is 0.135 e. The Balaban J connectivity index is 1.41. The molecule has 0 atom stereocenters. The average molecular weight is 522 g/mol. The quantitative estimate of drug-likeness (QED) is 0.206. The molecule has 0 amide bonds. The van der Waals surface area contributed by atoms with Gasteiger partial charge in [0.15, 0.2) is 0 Å². The molecule has 0 aromatic heterocycles. The van der Waals surface area contributed by atoms with E-state index >= 15 is 0 Å². The van der Waals surface area contributed by atoms with E-state index in [0.29, 0.717) is 6.04 Å². The van der Waals surface area contributed by atoms with Crippen molar-refractivity contribution >= 4 is 43.1 Å². The molecule has 190 valence electrons. The van der Waals surface area contributed by atoms with Gasteiger partial charge < -0.3 is 4.74 Å². The molecule has 0 unspecified atom stereocenters. The summed E-state index contributed by atoms with van der Waals surface area (Å²) in [5.41, 5.74) is 7.00. The molecule has 0 radical (unpaired) electrons. The summed E-state index contributed by atoms with van der Waals surface area (Å²) in [6.07, 6.45) is 0. The largest absolute Gasteiger partial charge is 0.456 e. The lowest BCUT2D eigenvalue weighted by Gasteiger charge is -2.24. The van der Waals surface area contributed by atoms with Crippen molar-refractivity contribution in [2.75, 3.05) is 0 Å². The van der Waals surface area contributed by atoms with Gasteiger partial charge in [-0.1, -0.05) is 121 Å². The zero-order chi connectivity index (χ0) is 27.8. The Kier molecular flexibility index (Phi) is 4.47. The predicted octanol–water partition coefficient (Wildman–Crippen LogP) is 11.4. The van der Waals surface area contributed by atoms with E-state index in [0.717, 1.165) is 38.8 Å². The van der Waals surface area contributed by atoms with E-state index < -0.39 is 0 Å². The Morgan fingerprint density at radius 2 is 1.10 bits per heavy atom. The van der Waals surface area contributed by atoms with E-state index in [4.69, 9.17) is 6.11 Å². The Labute approximate surface area is 239 Å². The van der Waals surface area contributed by atoms with Crippen molar-refractivity contribution in [1.82, 2.24) is 0 Å². The lowest BCUT2D eigenvalue weighted by Crippen LogP contribution is -1.98. The van der Waals surface area contributed by atoms with Crippen LogP contribution in [-0.2, 0) is 0 Å². The summed E-state index contributed by atoms with van der Waals surface area (Å²) in [7, 11) is 0. The normalized spacial score (nSPS) is 12.4. The highest BCUT2D eigenvalue weighted by Crippen LogP contribution is 2.51. The molecular formula is C40H24O. The first-order valence-electron chi connectivity index (χ1n) is 14.5. The van der Waals surface area contributed by atoms with Crippen LogP contribution >= 0.6 is 0 Å². The lowest BCUT2D eigenvalue weighted by atomic mass is 9.83. The monoisotopic (exact) mass is 521 g/mol. The van der Waals surface area contributed by atoms with E-state index in [2.05, 4.69) is 115 Å². The second-order valence-electron chi connectivity index (χ2n) is 10.8. The summed E-state index contributed by atoms with van der Waals surface area (Å²) in [6.45, 7) is 0. The molecular weight excluding hydrogens is 496 g/mol. The van der Waals surface area contributed by atoms with E-state index in [1.165, 1.54) is 49.2 Å². The fourth-order valence-corrected chi connectivity index (χ4v) is 6.81. The predicted molar refractivity (Wildman–Crippen MR) is 173 cm³/mol. The first kappa shape index (κ1) is 21.4. The standard InChI is InChI=1S/C40H24O/c1-2-11-26-24-27(21-20-25(26)10-1)38-30-13-3-5-15-32(30)39(33-16-6-4-14-31(33)38)35-22-23-37-40-29(17-9-18-34(35)40)28-12-7-8-19-36(28)41-37/h1-24H/i3D. The van der Waals surface area contributed by atoms with Crippen LogP contribution in [0.2, 0.25) is 0 Å². The third kappa shape index (κ3) is 3.24. The van der Waals surface area contributed by atoms with Gasteiger partial charge in [-0.05, 0) is 89.8 Å². The highest BCUT2D eigenvalue weighted by molar-refractivity contribution is 6.24. The molecule has 0 aliphatic carbocycles. The molecule has 0 spiro atoms. The number of benzene rings is 8. The fourth-order valence-electron chi connectivity index (χ4n) is 6.81. The van der Waals surface area contributed by atoms with Crippen LogP contribution in [-0.4, -0.2) is 0 Å². The molecule has 1 aliphatic rings. The third-order valence-corrected chi connectivity index (χ3v) is 8.58. The molecule has 1 heteroatoms. The van der Waals surface area contributed by atoms with Crippen molar-refractivity contribution in [3.8, 4) is 44.9 Å². The molecule has 0 bridgehead atoms. The lowest BCUT2D eigenvalue weighted by molar-refractivity contribution is 0.487. The molecule has 9 rings (SSSR count). The highest BCUT2D eigenvalue weighted by Gasteiger charge is 2.23. The van der Waals surface area contributed by atoms with Crippen LogP contribution in [0.25, 0.3) is 76.5 Å². The van der Waals surface area contributed by atoms with Crippen molar-refractivity contribution in [3.05, 3.63) is 146 Å². The maximum absolute atomic E-state index is 8.62. The Bertz CT molecular complexity index is 2400. The minimum Gasteiger partial charge on any atom is -0.456 e. The van der Waals surface area contributed by atoms with E-state index in [1.54, 1.807) is 0 Å². The molecule has 41 heavy (non-hydrogen) atoms. The van der Waals surface area contributed by atoms with Crippen molar-refractivity contribution < 1.29 is 6.11 Å². The van der Waals surface area contributed by atoms with Gasteiger partial charge in [0, 0.05) is 10.9 Å². The van der Waals surface area contributed by atoms with E-state index in [-0.39, 0.29) is 0 Å². The maximum Gasteiger partial charge on any atom is 0.135 e. The van der Waals surface area contributed by atoms with Gasteiger partial charge in [-0.25, -0.2) is 0 Å². The van der Waals surface area contributed by atoms with Crippen LogP contribution in [0, 0.1) is 0 Å². The van der Waals surface area contributed by atoms with Crippen LogP contribution < -0.4 is 4.74 Å². The van der Waals surface area contributed by atoms with E-state index in [9.17, 15) is 0 Å². The Hall–Kier alpha value is -5.40. The second-order valence-corrected chi connectivity index (χ2v) is 10.8. The van der Waals surface area contributed by atoms with Crippen LogP contribution in [0.4, 0.5) is 0 Å². The topological polar surface area (TPSA) is 9.23 Å². The molecule has 8 aromatic rings. The van der Waals surface area contributed by atoms with Gasteiger partial charge in [0.05, 0.1) is 1.37 Å². The zero-order valence-electron chi connectivity index (χ0n) is 23.2. The van der Waals surface area contributed by atoms with Gasteiger partial charge in [-0.2, -0.15) is 0 Å². The van der Waals surface area contributed by atoms with Crippen LogP contribution in [0.3, 0.4) is 0 Å². The Morgan fingerprint density at radius 1 is 0.415 bits per heavy atom. The summed E-state index contributed by atoms with van der Waals surface area (Å²) in [6, 6.07) is 49.7. The zero-order valence-corrected chi connectivity index (χ0v) is 22.2. The van der Waals surface area contributed by atoms with E-state index in [1.807, 2.05) is 24.3 Å². The summed E-state index contributed by atoms with van der Waals surface area (Å²) < 4.78 is 15.0. The molecule has 0 fully saturated rings. The van der Waals surface area contributed by atoms with Gasteiger partial charge in [-0.15, -0.1) is 0 Å². The SMILES string of the molecule is [2H]c1ccc2c(-c3ccc4c5c(cccc35)-c3ccccc3O4)c3ccccc3c(-c3ccc4ccccc4c3)c2c1. The van der Waals surface area contributed by atoms with Crippen molar-refractivity contribution in [2.24, 2.45) is 0 Å². The van der Waals surface area contributed by atoms with Gasteiger partial charge >= 0.3 is 0 Å². The minimum atomic E-state index is 0.507.